The minimum atomic E-state index is -3.58. The molecule has 1 N–H and O–H groups in total. The molecule has 7 nitrogen and oxygen atoms in total. The third-order valence-corrected chi connectivity index (χ3v) is 8.46. The van der Waals surface area contributed by atoms with Crippen molar-refractivity contribution in [3.05, 3.63) is 23.8 Å². The van der Waals surface area contributed by atoms with E-state index >= 15 is 0 Å². The lowest BCUT2D eigenvalue weighted by Crippen LogP contribution is -2.40. The summed E-state index contributed by atoms with van der Waals surface area (Å²) in [4.78, 5) is 12.7. The monoisotopic (exact) mass is 422 g/mol. The van der Waals surface area contributed by atoms with E-state index in [1.54, 1.807) is 25.3 Å². The summed E-state index contributed by atoms with van der Waals surface area (Å²) in [5.74, 6) is 2.07. The highest BCUT2D eigenvalue weighted by molar-refractivity contribution is 7.89. The molecule has 0 spiro atoms. The van der Waals surface area contributed by atoms with Crippen molar-refractivity contribution in [3.8, 4) is 5.75 Å². The predicted molar refractivity (Wildman–Crippen MR) is 108 cm³/mol. The highest BCUT2D eigenvalue weighted by atomic mass is 32.2. The molecule has 3 aliphatic rings. The van der Waals surface area contributed by atoms with Crippen LogP contribution in [0.3, 0.4) is 0 Å². The Balaban J connectivity index is 1.42. The number of carbonyl (C=O) groups is 1. The van der Waals surface area contributed by atoms with Gasteiger partial charge in [-0.1, -0.05) is 6.42 Å². The molecule has 3 fully saturated rings. The smallest absolute Gasteiger partial charge is 0.243 e. The molecule has 0 unspecified atom stereocenters. The van der Waals surface area contributed by atoms with E-state index in [2.05, 4.69) is 5.32 Å². The molecule has 8 heteroatoms. The van der Waals surface area contributed by atoms with Crippen LogP contribution in [0.1, 0.15) is 37.7 Å². The Morgan fingerprint density at radius 1 is 1.24 bits per heavy atom. The number of sulfonamides is 1. The molecule has 2 aliphatic carbocycles. The van der Waals surface area contributed by atoms with Crippen molar-refractivity contribution in [1.82, 2.24) is 9.62 Å². The van der Waals surface area contributed by atoms with Crippen LogP contribution in [-0.2, 0) is 26.0 Å². The van der Waals surface area contributed by atoms with Gasteiger partial charge in [-0.15, -0.1) is 0 Å². The van der Waals surface area contributed by atoms with Crippen molar-refractivity contribution < 1.29 is 22.7 Å². The second-order valence-electron chi connectivity index (χ2n) is 8.34. The highest BCUT2D eigenvalue weighted by Gasteiger charge is 2.40. The van der Waals surface area contributed by atoms with Crippen LogP contribution >= 0.6 is 0 Å². The number of rotatable bonds is 7. The molecular weight excluding hydrogens is 392 g/mol. The molecule has 1 aromatic carbocycles. The maximum Gasteiger partial charge on any atom is 0.243 e. The average Bonchev–Trinajstić information content (AvgIpc) is 3.36. The number of ether oxygens (including phenoxy) is 2. The molecule has 1 aliphatic heterocycles. The van der Waals surface area contributed by atoms with E-state index < -0.39 is 10.0 Å². The third kappa shape index (κ3) is 4.44. The summed E-state index contributed by atoms with van der Waals surface area (Å²) in [7, 11) is -2.02. The molecule has 1 heterocycles. The van der Waals surface area contributed by atoms with Crippen molar-refractivity contribution in [1.29, 1.82) is 0 Å². The number of hydrogen-bond donors (Lipinski definition) is 1. The molecule has 0 aromatic heterocycles. The zero-order valence-corrected chi connectivity index (χ0v) is 17.7. The fourth-order valence-electron chi connectivity index (χ4n) is 5.00. The van der Waals surface area contributed by atoms with Crippen LogP contribution in [0.15, 0.2) is 23.1 Å². The zero-order valence-electron chi connectivity index (χ0n) is 16.9. The molecule has 1 amide bonds. The Morgan fingerprint density at radius 3 is 2.69 bits per heavy atom. The number of hydrogen-bond acceptors (Lipinski definition) is 5. The number of fused-ring (bicyclic) bond motifs is 2. The fraction of sp³-hybridized carbons (Fsp3) is 0.667. The number of nitrogens with one attached hydrogen (secondary N) is 1. The second-order valence-corrected chi connectivity index (χ2v) is 10.3. The highest BCUT2D eigenvalue weighted by Crippen LogP contribution is 2.44. The van der Waals surface area contributed by atoms with Gasteiger partial charge in [-0.2, -0.15) is 4.31 Å². The lowest BCUT2D eigenvalue weighted by molar-refractivity contribution is -0.122. The number of carbonyl (C=O) groups excluding carboxylic acids is 1. The molecule has 0 radical (unpaired) electrons. The van der Waals surface area contributed by atoms with Gasteiger partial charge in [-0.25, -0.2) is 8.42 Å². The van der Waals surface area contributed by atoms with E-state index in [1.807, 2.05) is 0 Å². The molecule has 160 valence electrons. The van der Waals surface area contributed by atoms with E-state index in [0.29, 0.717) is 56.9 Å². The van der Waals surface area contributed by atoms with E-state index in [1.165, 1.54) is 23.6 Å². The van der Waals surface area contributed by atoms with E-state index in [-0.39, 0.29) is 10.8 Å². The number of morpholine rings is 1. The minimum Gasteiger partial charge on any atom is -0.496 e. The lowest BCUT2D eigenvalue weighted by atomic mass is 9.95. The summed E-state index contributed by atoms with van der Waals surface area (Å²) in [6, 6.07) is 5.21. The van der Waals surface area contributed by atoms with Gasteiger partial charge in [0.2, 0.25) is 15.9 Å². The van der Waals surface area contributed by atoms with Crippen LogP contribution in [-0.4, -0.2) is 58.1 Å². The number of amides is 1. The Kier molecular flexibility index (Phi) is 6.13. The Morgan fingerprint density at radius 2 is 2.03 bits per heavy atom. The second kappa shape index (κ2) is 8.62. The first-order valence-electron chi connectivity index (χ1n) is 10.5. The molecule has 2 saturated carbocycles. The molecule has 2 bridgehead atoms. The number of benzene rings is 1. The summed E-state index contributed by atoms with van der Waals surface area (Å²) >= 11 is 0. The Hall–Kier alpha value is -1.64. The quantitative estimate of drug-likeness (QED) is 0.726. The SMILES string of the molecule is COc1ccc(S(=O)(=O)N2CCOCC2)cc1CCC(=O)N[C@H]1C[C@H]2CC[C@H]1C2. The fourth-order valence-corrected chi connectivity index (χ4v) is 6.45. The maximum absolute atomic E-state index is 12.9. The summed E-state index contributed by atoms with van der Waals surface area (Å²) in [5, 5.41) is 3.19. The van der Waals surface area contributed by atoms with Gasteiger partial charge in [0.05, 0.1) is 25.2 Å². The average molecular weight is 423 g/mol. The van der Waals surface area contributed by atoms with Crippen molar-refractivity contribution in [2.45, 2.75) is 49.5 Å². The molecule has 29 heavy (non-hydrogen) atoms. The molecule has 1 aromatic rings. The van der Waals surface area contributed by atoms with Crippen LogP contribution in [0.4, 0.5) is 0 Å². The zero-order chi connectivity index (χ0) is 20.4. The van der Waals surface area contributed by atoms with Gasteiger partial charge in [-0.05, 0) is 61.3 Å². The first-order valence-corrected chi connectivity index (χ1v) is 12.0. The van der Waals surface area contributed by atoms with Crippen molar-refractivity contribution in [2.24, 2.45) is 11.8 Å². The van der Waals surface area contributed by atoms with Crippen molar-refractivity contribution >= 4 is 15.9 Å². The normalized spacial score (nSPS) is 27.1. The van der Waals surface area contributed by atoms with Crippen LogP contribution in [0.25, 0.3) is 0 Å². The lowest BCUT2D eigenvalue weighted by Gasteiger charge is -2.26. The van der Waals surface area contributed by atoms with Gasteiger partial charge in [0, 0.05) is 25.6 Å². The van der Waals surface area contributed by atoms with Crippen LogP contribution in [0.5, 0.6) is 5.75 Å². The van der Waals surface area contributed by atoms with Crippen molar-refractivity contribution in [2.75, 3.05) is 33.4 Å². The predicted octanol–water partition coefficient (Wildman–Crippen LogP) is 1.95. The van der Waals surface area contributed by atoms with Crippen LogP contribution in [0.2, 0.25) is 0 Å². The maximum atomic E-state index is 12.9. The molecule has 4 rings (SSSR count). The first-order chi connectivity index (χ1) is 14.0. The molecule has 1 saturated heterocycles. The summed E-state index contributed by atoms with van der Waals surface area (Å²) in [5.41, 5.74) is 0.741. The van der Waals surface area contributed by atoms with Crippen molar-refractivity contribution in [3.63, 3.8) is 0 Å². The van der Waals surface area contributed by atoms with E-state index in [4.69, 9.17) is 9.47 Å². The van der Waals surface area contributed by atoms with E-state index in [9.17, 15) is 13.2 Å². The van der Waals surface area contributed by atoms with Gasteiger partial charge in [-0.3, -0.25) is 4.79 Å². The van der Waals surface area contributed by atoms with Gasteiger partial charge < -0.3 is 14.8 Å². The minimum absolute atomic E-state index is 0.0334. The first kappa shape index (κ1) is 20.6. The van der Waals surface area contributed by atoms with Crippen LogP contribution in [0, 0.1) is 11.8 Å². The number of nitrogens with zero attached hydrogens (tertiary/aromatic N) is 1. The summed E-state index contributed by atoms with van der Waals surface area (Å²) in [6.07, 6.45) is 5.66. The third-order valence-electron chi connectivity index (χ3n) is 6.57. The van der Waals surface area contributed by atoms with Gasteiger partial charge in [0.1, 0.15) is 5.75 Å². The number of aryl methyl sites for hydroxylation is 1. The summed E-state index contributed by atoms with van der Waals surface area (Å²) < 4.78 is 38.0. The standard InChI is InChI=1S/C21H30N2O5S/c1-27-20-6-5-18(29(25,26)23-8-10-28-11-9-23)14-17(20)4-7-21(24)22-19-13-15-2-3-16(19)12-15/h5-6,14-16,19H,2-4,7-13H2,1H3,(H,22,24)/t15-,16-,19-/m0/s1. The van der Waals surface area contributed by atoms with Gasteiger partial charge in [0.15, 0.2) is 0 Å². The van der Waals surface area contributed by atoms with E-state index in [0.717, 1.165) is 17.9 Å². The Bertz CT molecular complexity index is 851. The molecular formula is C21H30N2O5S. The van der Waals surface area contributed by atoms with Gasteiger partial charge in [0.25, 0.3) is 0 Å². The number of methoxy groups -OCH3 is 1. The van der Waals surface area contributed by atoms with Crippen LogP contribution < -0.4 is 10.1 Å². The largest absolute Gasteiger partial charge is 0.496 e. The topological polar surface area (TPSA) is 84.9 Å². The Labute approximate surface area is 172 Å². The summed E-state index contributed by atoms with van der Waals surface area (Å²) in [6.45, 7) is 1.53. The molecule has 3 atom stereocenters. The van der Waals surface area contributed by atoms with Gasteiger partial charge >= 0.3 is 0 Å².